The summed E-state index contributed by atoms with van der Waals surface area (Å²) in [7, 11) is 0. The van der Waals surface area contributed by atoms with E-state index in [1.54, 1.807) is 6.07 Å². The molecule has 0 N–H and O–H groups in total. The largest absolute Gasteiger partial charge is 0.471 e. The molecule has 0 aliphatic heterocycles. The van der Waals surface area contributed by atoms with Crippen LogP contribution in [0.1, 0.15) is 0 Å². The molecule has 0 atom stereocenters. The Kier molecular flexibility index (Phi) is 5.61. The van der Waals surface area contributed by atoms with Crippen LogP contribution in [-0.4, -0.2) is 5.24 Å². The summed E-state index contributed by atoms with van der Waals surface area (Å²) in [6, 6.07) is 1.68. The summed E-state index contributed by atoms with van der Waals surface area (Å²) in [5.74, 6) is 0. The number of hydrogen-bond donors (Lipinski definition) is 0. The molecule has 1 heterocycles. The van der Waals surface area contributed by atoms with Gasteiger partial charge in [-0.15, -0.1) is 0 Å². The van der Waals surface area contributed by atoms with E-state index in [2.05, 4.69) is 11.0 Å². The third-order valence-electron chi connectivity index (χ3n) is 0.647. The Hall–Kier alpha value is -0.730. The van der Waals surface area contributed by atoms with E-state index in [0.29, 0.717) is 5.02 Å². The summed E-state index contributed by atoms with van der Waals surface area (Å²) in [5, 5.41) is 0.139. The van der Waals surface area contributed by atoms with Gasteiger partial charge in [0.2, 0.25) is 5.24 Å². The Morgan fingerprint density at radius 3 is 2.36 bits per heavy atom. The number of halogens is 2. The van der Waals surface area contributed by atoms with Crippen LogP contribution in [0.25, 0.3) is 0 Å². The molecule has 0 unspecified atom stereocenters. The van der Waals surface area contributed by atoms with Crippen molar-refractivity contribution in [1.29, 1.82) is 0 Å². The first-order chi connectivity index (χ1) is 5.16. The van der Waals surface area contributed by atoms with Crippen LogP contribution in [0.15, 0.2) is 35.7 Å². The van der Waals surface area contributed by atoms with Crippen LogP contribution in [0, 0.1) is 0 Å². The number of allylic oxidation sites excluding steroid dienone is 1. The average Bonchev–Trinajstić information content (AvgIpc) is 2.41. The third kappa shape index (κ3) is 7.16. The molecule has 2 nitrogen and oxygen atoms in total. The van der Waals surface area contributed by atoms with Crippen molar-refractivity contribution in [2.75, 3.05) is 0 Å². The zero-order chi connectivity index (χ0) is 8.69. The van der Waals surface area contributed by atoms with Crippen molar-refractivity contribution in [2.45, 2.75) is 0 Å². The normalized spacial score (nSPS) is 7.82. The number of carbonyl (C=O) groups is 1. The quantitative estimate of drug-likeness (QED) is 0.507. The van der Waals surface area contributed by atoms with Crippen molar-refractivity contribution in [1.82, 2.24) is 0 Å². The maximum atomic E-state index is 9.46. The number of rotatable bonds is 1. The van der Waals surface area contributed by atoms with Gasteiger partial charge in [0.25, 0.3) is 0 Å². The van der Waals surface area contributed by atoms with Gasteiger partial charge in [-0.25, -0.2) is 0 Å². The lowest BCUT2D eigenvalue weighted by molar-refractivity contribution is -0.107. The molecule has 4 heteroatoms. The minimum Gasteiger partial charge on any atom is -0.471 e. The van der Waals surface area contributed by atoms with Gasteiger partial charge in [-0.3, -0.25) is 4.79 Å². The van der Waals surface area contributed by atoms with Crippen molar-refractivity contribution in [3.05, 3.63) is 36.3 Å². The Morgan fingerprint density at radius 1 is 1.73 bits per heavy atom. The highest BCUT2D eigenvalue weighted by molar-refractivity contribution is 6.66. The summed E-state index contributed by atoms with van der Waals surface area (Å²) in [6.07, 6.45) is 4.05. The summed E-state index contributed by atoms with van der Waals surface area (Å²) < 4.78 is 4.58. The minimum atomic E-state index is -0.509. The smallest absolute Gasteiger partial charge is 0.244 e. The van der Waals surface area contributed by atoms with E-state index in [0.717, 1.165) is 6.08 Å². The van der Waals surface area contributed by atoms with Crippen LogP contribution in [0.2, 0.25) is 5.02 Å². The van der Waals surface area contributed by atoms with Crippen molar-refractivity contribution in [3.8, 4) is 0 Å². The van der Waals surface area contributed by atoms with Gasteiger partial charge < -0.3 is 4.42 Å². The van der Waals surface area contributed by atoms with Crippen LogP contribution in [0.4, 0.5) is 0 Å². The Morgan fingerprint density at radius 2 is 2.27 bits per heavy atom. The molecule has 1 aromatic rings. The van der Waals surface area contributed by atoms with Crippen molar-refractivity contribution in [2.24, 2.45) is 0 Å². The predicted molar refractivity (Wildman–Crippen MR) is 44.8 cm³/mol. The van der Waals surface area contributed by atoms with Gasteiger partial charge in [-0.2, -0.15) is 0 Å². The number of carbonyl (C=O) groups excluding carboxylic acids is 1. The van der Waals surface area contributed by atoms with Crippen molar-refractivity contribution < 1.29 is 9.21 Å². The second kappa shape index (κ2) is 6.01. The molecule has 0 fully saturated rings. The zero-order valence-corrected chi connectivity index (χ0v) is 7.10. The highest BCUT2D eigenvalue weighted by Crippen LogP contribution is 2.04. The first-order valence-electron chi connectivity index (χ1n) is 2.66. The molecule has 0 saturated heterocycles. The topological polar surface area (TPSA) is 30.2 Å². The summed E-state index contributed by atoms with van der Waals surface area (Å²) in [4.78, 5) is 9.46. The standard InChI is InChI=1S/C4H3ClO.C3H3ClO/c5-4-1-2-6-3-4;1-2-3(4)5/h1-3H;2H,1H2. The Labute approximate surface area is 74.4 Å². The van der Waals surface area contributed by atoms with Gasteiger partial charge >= 0.3 is 0 Å². The maximum Gasteiger partial charge on any atom is 0.244 e. The van der Waals surface area contributed by atoms with Crippen LogP contribution < -0.4 is 0 Å². The van der Waals surface area contributed by atoms with E-state index in [1.807, 2.05) is 0 Å². The monoisotopic (exact) mass is 192 g/mol. The zero-order valence-electron chi connectivity index (χ0n) is 5.59. The van der Waals surface area contributed by atoms with Gasteiger partial charge in [-0.1, -0.05) is 18.2 Å². The molecular formula is C7H6Cl2O2. The molecule has 1 aromatic heterocycles. The van der Waals surface area contributed by atoms with Gasteiger partial charge in [0.05, 0.1) is 11.3 Å². The van der Waals surface area contributed by atoms with E-state index in [-0.39, 0.29) is 0 Å². The van der Waals surface area contributed by atoms with E-state index < -0.39 is 5.24 Å². The molecule has 0 bridgehead atoms. The highest BCUT2D eigenvalue weighted by atomic mass is 35.5. The molecule has 11 heavy (non-hydrogen) atoms. The van der Waals surface area contributed by atoms with Crippen LogP contribution >= 0.6 is 23.2 Å². The molecular weight excluding hydrogens is 187 g/mol. The molecule has 0 amide bonds. The molecule has 0 saturated carbocycles. The fraction of sp³-hybridized carbons (Fsp3) is 0. The van der Waals surface area contributed by atoms with Crippen molar-refractivity contribution in [3.63, 3.8) is 0 Å². The van der Waals surface area contributed by atoms with Crippen molar-refractivity contribution >= 4 is 28.4 Å². The maximum absolute atomic E-state index is 9.46. The van der Waals surface area contributed by atoms with Gasteiger partial charge in [-0.05, 0) is 23.7 Å². The van der Waals surface area contributed by atoms with Gasteiger partial charge in [0, 0.05) is 0 Å². The Balaban J connectivity index is 0.000000187. The summed E-state index contributed by atoms with van der Waals surface area (Å²) in [6.45, 7) is 3.08. The fourth-order valence-electron chi connectivity index (χ4n) is 0.248. The third-order valence-corrected chi connectivity index (χ3v) is 1.02. The first kappa shape index (κ1) is 10.3. The first-order valence-corrected chi connectivity index (χ1v) is 3.42. The van der Waals surface area contributed by atoms with Gasteiger partial charge in [0.15, 0.2) is 0 Å². The predicted octanol–water partition coefficient (Wildman–Crippen LogP) is 2.87. The Bertz CT molecular complexity index is 216. The molecule has 0 aromatic carbocycles. The summed E-state index contributed by atoms with van der Waals surface area (Å²) in [5.41, 5.74) is 0. The minimum absolute atomic E-state index is 0.509. The lowest BCUT2D eigenvalue weighted by Crippen LogP contribution is -1.67. The number of furan rings is 1. The molecule has 0 aliphatic rings. The highest BCUT2D eigenvalue weighted by Gasteiger charge is 1.79. The number of hydrogen-bond acceptors (Lipinski definition) is 2. The van der Waals surface area contributed by atoms with Crippen LogP contribution in [-0.2, 0) is 4.79 Å². The SMILES string of the molecule is C=CC(=O)Cl.Clc1ccoc1. The fourth-order valence-corrected chi connectivity index (χ4v) is 0.351. The molecule has 1 rings (SSSR count). The second-order valence-corrected chi connectivity index (χ2v) is 2.26. The van der Waals surface area contributed by atoms with E-state index in [9.17, 15) is 4.79 Å². The van der Waals surface area contributed by atoms with Crippen LogP contribution in [0.3, 0.4) is 0 Å². The lowest BCUT2D eigenvalue weighted by Gasteiger charge is -1.60. The molecule has 60 valence electrons. The molecule has 0 radical (unpaired) electrons. The molecule has 0 spiro atoms. The average molecular weight is 193 g/mol. The lowest BCUT2D eigenvalue weighted by atomic mass is 10.7. The van der Waals surface area contributed by atoms with E-state index >= 15 is 0 Å². The van der Waals surface area contributed by atoms with E-state index in [1.165, 1.54) is 12.5 Å². The second-order valence-electron chi connectivity index (χ2n) is 1.45. The molecule has 0 aliphatic carbocycles. The summed E-state index contributed by atoms with van der Waals surface area (Å²) >= 11 is 10.1. The van der Waals surface area contributed by atoms with Crippen LogP contribution in [0.5, 0.6) is 0 Å². The van der Waals surface area contributed by atoms with E-state index in [4.69, 9.17) is 23.2 Å². The van der Waals surface area contributed by atoms with Gasteiger partial charge in [0.1, 0.15) is 6.26 Å².